The number of hydrogen-bond acceptors (Lipinski definition) is 6. The first-order chi connectivity index (χ1) is 4.54. The predicted molar refractivity (Wildman–Crippen MR) is 29.9 cm³/mol. The van der Waals surface area contributed by atoms with Gasteiger partial charge in [-0.05, 0) is 0 Å². The molecule has 6 nitrogen and oxygen atoms in total. The number of aliphatic hydroxyl groups excluding tert-OH is 2. The van der Waals surface area contributed by atoms with Gasteiger partial charge in [-0.15, -0.1) is 0 Å². The van der Waals surface area contributed by atoms with Gasteiger partial charge in [0.15, 0.2) is 0 Å². The van der Waals surface area contributed by atoms with Gasteiger partial charge in [0, 0.05) is 17.6 Å². The van der Waals surface area contributed by atoms with Crippen molar-refractivity contribution in [2.24, 2.45) is 0 Å². The molecule has 0 bridgehead atoms. The van der Waals surface area contributed by atoms with E-state index >= 15 is 0 Å². The van der Waals surface area contributed by atoms with Crippen molar-refractivity contribution in [1.82, 2.24) is 0 Å². The fraction of sp³-hybridized carbons (Fsp3) is 0.500. The molecule has 0 fully saturated rings. The maximum atomic E-state index is 9.01. The molecule has 0 aliphatic heterocycles. The minimum atomic E-state index is -1.44. The van der Waals surface area contributed by atoms with Crippen LogP contribution in [0, 0.1) is 0 Å². The Balaban J connectivity index is -0.000000107. The molecule has 2 N–H and O–H groups in total. The van der Waals surface area contributed by atoms with Crippen LogP contribution in [0.25, 0.3) is 0 Å². The SMILES string of the molecule is O=C([O-])CO.O=C([O-])CO.[Ge]. The van der Waals surface area contributed by atoms with Crippen LogP contribution < -0.4 is 10.2 Å². The van der Waals surface area contributed by atoms with Crippen molar-refractivity contribution in [3.63, 3.8) is 0 Å². The summed E-state index contributed by atoms with van der Waals surface area (Å²) in [6.07, 6.45) is 0. The number of aliphatic carboxylic acids is 2. The van der Waals surface area contributed by atoms with Gasteiger partial charge in [0.05, 0.1) is 25.2 Å². The van der Waals surface area contributed by atoms with Crippen molar-refractivity contribution in [3.8, 4) is 0 Å². The molecule has 0 aromatic heterocycles. The summed E-state index contributed by atoms with van der Waals surface area (Å²) < 4.78 is 0. The molecule has 0 rings (SSSR count). The van der Waals surface area contributed by atoms with Gasteiger partial charge in [-0.25, -0.2) is 0 Å². The summed E-state index contributed by atoms with van der Waals surface area (Å²) in [5.41, 5.74) is 0. The summed E-state index contributed by atoms with van der Waals surface area (Å²) in [6, 6.07) is 0. The molecular weight excluding hydrogens is 217 g/mol. The van der Waals surface area contributed by atoms with Crippen LogP contribution in [-0.2, 0) is 9.59 Å². The molecule has 0 aromatic rings. The van der Waals surface area contributed by atoms with E-state index in [1.807, 2.05) is 0 Å². The van der Waals surface area contributed by atoms with E-state index in [1.165, 1.54) is 0 Å². The molecule has 4 radical (unpaired) electrons. The maximum Gasteiger partial charge on any atom is 0.0826 e. The Kier molecular flexibility index (Phi) is 18.5. The third kappa shape index (κ3) is 44.5. The summed E-state index contributed by atoms with van der Waals surface area (Å²) >= 11 is 0. The van der Waals surface area contributed by atoms with E-state index in [0.717, 1.165) is 0 Å². The molecule has 0 heterocycles. The van der Waals surface area contributed by atoms with E-state index in [0.29, 0.717) is 0 Å². The molecule has 7 heteroatoms. The third-order valence-electron chi connectivity index (χ3n) is 0.258. The summed E-state index contributed by atoms with van der Waals surface area (Å²) in [4.78, 5) is 18.0. The van der Waals surface area contributed by atoms with Gasteiger partial charge in [-0.2, -0.15) is 0 Å². The third-order valence-corrected chi connectivity index (χ3v) is 0.258. The van der Waals surface area contributed by atoms with Crippen molar-refractivity contribution in [3.05, 3.63) is 0 Å². The molecule has 0 amide bonds. The Labute approximate surface area is 73.4 Å². The van der Waals surface area contributed by atoms with Crippen LogP contribution in [0.2, 0.25) is 0 Å². The number of aliphatic hydroxyl groups is 2. The zero-order chi connectivity index (χ0) is 8.57. The molecule has 0 aliphatic rings. The predicted octanol–water partition coefficient (Wildman–Crippen LogP) is -4.92. The van der Waals surface area contributed by atoms with Crippen LogP contribution in [0.1, 0.15) is 0 Å². The Bertz CT molecular complexity index is 99.1. The number of carboxylic acid groups (broad SMARTS) is 2. The fourth-order valence-corrected chi connectivity index (χ4v) is 0. The van der Waals surface area contributed by atoms with Gasteiger partial charge in [-0.3, -0.25) is 0 Å². The van der Waals surface area contributed by atoms with Crippen molar-refractivity contribution in [1.29, 1.82) is 0 Å². The standard InChI is InChI=1S/2C2H4O3.Ge/c2*3-1-2(4)5;/h2*3H,1H2,(H,4,5);/p-2. The molecule has 0 aliphatic carbocycles. The Morgan fingerprint density at radius 2 is 1.09 bits per heavy atom. The smallest absolute Gasteiger partial charge is 0.0826 e. The van der Waals surface area contributed by atoms with Crippen molar-refractivity contribution in [2.75, 3.05) is 13.2 Å². The largest absolute Gasteiger partial charge is 0.548 e. The van der Waals surface area contributed by atoms with E-state index in [4.69, 9.17) is 30.0 Å². The quantitative estimate of drug-likeness (QED) is 0.452. The van der Waals surface area contributed by atoms with E-state index in [1.54, 1.807) is 0 Å². The van der Waals surface area contributed by atoms with Crippen molar-refractivity contribution in [2.45, 2.75) is 0 Å². The second kappa shape index (κ2) is 12.1. The maximum absolute atomic E-state index is 9.01. The van der Waals surface area contributed by atoms with Gasteiger partial charge in [0.25, 0.3) is 0 Å². The van der Waals surface area contributed by atoms with Gasteiger partial charge >= 0.3 is 0 Å². The van der Waals surface area contributed by atoms with E-state index in [2.05, 4.69) is 0 Å². The number of hydrogen-bond donors (Lipinski definition) is 2. The van der Waals surface area contributed by atoms with Gasteiger partial charge in [0.1, 0.15) is 0 Å². The molecule has 0 unspecified atom stereocenters. The molecular formula is C4H6GeO6-2. The molecule has 0 spiro atoms. The first-order valence-corrected chi connectivity index (χ1v) is 2.16. The van der Waals surface area contributed by atoms with Crippen molar-refractivity contribution < 1.29 is 30.0 Å². The fourth-order valence-electron chi connectivity index (χ4n) is 0. The number of carbonyl (C=O) groups is 2. The number of carbonyl (C=O) groups excluding carboxylic acids is 2. The van der Waals surface area contributed by atoms with Gasteiger partial charge in [0.2, 0.25) is 0 Å². The average molecular weight is 223 g/mol. The second-order valence-corrected chi connectivity index (χ2v) is 1.06. The summed E-state index contributed by atoms with van der Waals surface area (Å²) in [5, 5.41) is 33.0. The first kappa shape index (κ1) is 16.8. The first-order valence-electron chi connectivity index (χ1n) is 2.16. The molecule has 0 saturated heterocycles. The minimum absolute atomic E-state index is 0. The van der Waals surface area contributed by atoms with Crippen LogP contribution in [-0.4, -0.2) is 53.0 Å². The van der Waals surface area contributed by atoms with E-state index < -0.39 is 25.2 Å². The summed E-state index contributed by atoms with van der Waals surface area (Å²) in [5.74, 6) is -2.88. The van der Waals surface area contributed by atoms with Gasteiger partial charge < -0.3 is 30.0 Å². The van der Waals surface area contributed by atoms with E-state index in [-0.39, 0.29) is 17.6 Å². The second-order valence-electron chi connectivity index (χ2n) is 1.06. The normalized spacial score (nSPS) is 6.73. The van der Waals surface area contributed by atoms with Crippen LogP contribution in [0.15, 0.2) is 0 Å². The molecule has 0 aromatic carbocycles. The minimum Gasteiger partial charge on any atom is -0.548 e. The summed E-state index contributed by atoms with van der Waals surface area (Å²) in [6.45, 7) is -1.78. The number of rotatable bonds is 2. The Morgan fingerprint density at radius 1 is 1.00 bits per heavy atom. The Hall–Kier alpha value is -0.597. The zero-order valence-corrected chi connectivity index (χ0v) is 7.54. The van der Waals surface area contributed by atoms with Crippen LogP contribution in [0.5, 0.6) is 0 Å². The number of carboxylic acids is 2. The molecule has 0 saturated carbocycles. The molecule has 0 atom stereocenters. The monoisotopic (exact) mass is 224 g/mol. The summed E-state index contributed by atoms with van der Waals surface area (Å²) in [7, 11) is 0. The molecule has 11 heavy (non-hydrogen) atoms. The average Bonchev–Trinajstić information content (AvgIpc) is 1.89. The van der Waals surface area contributed by atoms with Crippen molar-refractivity contribution >= 4 is 29.5 Å². The van der Waals surface area contributed by atoms with Crippen LogP contribution >= 0.6 is 0 Å². The Morgan fingerprint density at radius 3 is 1.09 bits per heavy atom. The molecule has 64 valence electrons. The zero-order valence-electron chi connectivity index (χ0n) is 5.44. The topological polar surface area (TPSA) is 121 Å². The van der Waals surface area contributed by atoms with E-state index in [9.17, 15) is 0 Å². The van der Waals surface area contributed by atoms with Crippen LogP contribution in [0.4, 0.5) is 0 Å². The van der Waals surface area contributed by atoms with Gasteiger partial charge in [-0.1, -0.05) is 0 Å². The van der Waals surface area contributed by atoms with Crippen LogP contribution in [0.3, 0.4) is 0 Å².